The summed E-state index contributed by atoms with van der Waals surface area (Å²) >= 11 is 0. The molecule has 0 spiro atoms. The van der Waals surface area contributed by atoms with Gasteiger partial charge in [-0.1, -0.05) is 6.07 Å². The Morgan fingerprint density at radius 1 is 0.679 bits per heavy atom. The summed E-state index contributed by atoms with van der Waals surface area (Å²) in [4.78, 5) is 8.83. The second-order valence-electron chi connectivity index (χ2n) is 5.71. The van der Waals surface area contributed by atoms with Crippen molar-refractivity contribution >= 4 is 11.0 Å². The van der Waals surface area contributed by atoms with Crippen LogP contribution in [0.5, 0.6) is 34.8 Å². The molecular weight excluding hydrogens is 364 g/mol. The van der Waals surface area contributed by atoms with Crippen molar-refractivity contribution in [2.75, 3.05) is 35.5 Å². The van der Waals surface area contributed by atoms with E-state index in [-0.39, 0.29) is 0 Å². The van der Waals surface area contributed by atoms with Crippen LogP contribution in [0, 0.1) is 0 Å². The Balaban J connectivity index is 1.85. The van der Waals surface area contributed by atoms with Gasteiger partial charge in [0.15, 0.2) is 11.5 Å². The SMILES string of the molecule is COc1cc(OCc2ccc3nc(OC)c(OC)nc3c2)cc(OC)c1OC. The third-order valence-electron chi connectivity index (χ3n) is 4.10. The lowest BCUT2D eigenvalue weighted by Gasteiger charge is -2.15. The van der Waals surface area contributed by atoms with Gasteiger partial charge in [0.25, 0.3) is 11.8 Å². The van der Waals surface area contributed by atoms with Crippen molar-refractivity contribution in [1.29, 1.82) is 0 Å². The Kier molecular flexibility index (Phi) is 5.88. The normalized spacial score (nSPS) is 10.5. The first-order chi connectivity index (χ1) is 13.6. The first kappa shape index (κ1) is 19.3. The molecule has 8 heteroatoms. The van der Waals surface area contributed by atoms with Crippen molar-refractivity contribution in [2.24, 2.45) is 0 Å². The zero-order valence-corrected chi connectivity index (χ0v) is 16.4. The van der Waals surface area contributed by atoms with E-state index in [2.05, 4.69) is 9.97 Å². The molecule has 148 valence electrons. The molecule has 0 fully saturated rings. The molecule has 1 heterocycles. The van der Waals surface area contributed by atoms with E-state index in [4.69, 9.17) is 28.4 Å². The standard InChI is InChI=1S/C20H22N2O6/c1-23-16-9-13(10-17(24-2)18(16)25-3)28-11-12-6-7-14-15(8-12)22-20(27-5)19(21-14)26-4/h6-10H,11H2,1-5H3. The van der Waals surface area contributed by atoms with Gasteiger partial charge in [0.1, 0.15) is 12.4 Å². The molecule has 0 atom stereocenters. The lowest BCUT2D eigenvalue weighted by Crippen LogP contribution is -2.00. The fraction of sp³-hybridized carbons (Fsp3) is 0.300. The summed E-state index contributed by atoms with van der Waals surface area (Å²) in [5.41, 5.74) is 2.31. The molecule has 0 aliphatic rings. The van der Waals surface area contributed by atoms with Gasteiger partial charge in [-0.05, 0) is 17.7 Å². The number of ether oxygens (including phenoxy) is 6. The zero-order chi connectivity index (χ0) is 20.1. The highest BCUT2D eigenvalue weighted by Gasteiger charge is 2.14. The minimum absolute atomic E-state index is 0.324. The van der Waals surface area contributed by atoms with Gasteiger partial charge in [-0.2, -0.15) is 0 Å². The summed E-state index contributed by atoms with van der Waals surface area (Å²) in [6, 6.07) is 9.16. The minimum atomic E-state index is 0.324. The highest BCUT2D eigenvalue weighted by atomic mass is 16.5. The molecule has 3 rings (SSSR count). The Labute approximate surface area is 162 Å². The minimum Gasteiger partial charge on any atom is -0.493 e. The maximum Gasteiger partial charge on any atom is 0.278 e. The van der Waals surface area contributed by atoms with Gasteiger partial charge in [-0.25, -0.2) is 9.97 Å². The smallest absolute Gasteiger partial charge is 0.278 e. The van der Waals surface area contributed by atoms with E-state index >= 15 is 0 Å². The molecule has 0 radical (unpaired) electrons. The monoisotopic (exact) mass is 386 g/mol. The number of hydrogen-bond donors (Lipinski definition) is 0. The van der Waals surface area contributed by atoms with Crippen LogP contribution in [0.3, 0.4) is 0 Å². The molecule has 8 nitrogen and oxygen atoms in total. The number of fused-ring (bicyclic) bond motifs is 1. The summed E-state index contributed by atoms with van der Waals surface area (Å²) in [5.74, 6) is 2.83. The number of aromatic nitrogens is 2. The van der Waals surface area contributed by atoms with Crippen LogP contribution in [0.2, 0.25) is 0 Å². The van der Waals surface area contributed by atoms with Crippen molar-refractivity contribution in [3.8, 4) is 34.8 Å². The summed E-state index contributed by atoms with van der Waals surface area (Å²) in [6.07, 6.45) is 0. The first-order valence-corrected chi connectivity index (χ1v) is 8.45. The quantitative estimate of drug-likeness (QED) is 0.584. The molecular formula is C20H22N2O6. The number of nitrogens with zero attached hydrogens (tertiary/aromatic N) is 2. The number of rotatable bonds is 8. The van der Waals surface area contributed by atoms with Crippen LogP contribution in [-0.4, -0.2) is 45.5 Å². The number of hydrogen-bond acceptors (Lipinski definition) is 8. The van der Waals surface area contributed by atoms with Crippen LogP contribution in [0.4, 0.5) is 0 Å². The molecule has 1 aromatic heterocycles. The van der Waals surface area contributed by atoms with E-state index in [0.717, 1.165) is 5.56 Å². The van der Waals surface area contributed by atoms with E-state index in [1.165, 1.54) is 14.2 Å². The van der Waals surface area contributed by atoms with Crippen LogP contribution in [0.25, 0.3) is 11.0 Å². The molecule has 0 bridgehead atoms. The lowest BCUT2D eigenvalue weighted by molar-refractivity contribution is 0.291. The predicted molar refractivity (Wildman–Crippen MR) is 103 cm³/mol. The largest absolute Gasteiger partial charge is 0.493 e. The van der Waals surface area contributed by atoms with E-state index in [0.29, 0.717) is 52.4 Å². The average molecular weight is 386 g/mol. The maximum absolute atomic E-state index is 5.91. The van der Waals surface area contributed by atoms with E-state index in [1.54, 1.807) is 33.5 Å². The Morgan fingerprint density at radius 2 is 1.29 bits per heavy atom. The van der Waals surface area contributed by atoms with Gasteiger partial charge < -0.3 is 28.4 Å². The topological polar surface area (TPSA) is 81.2 Å². The molecule has 0 amide bonds. The highest BCUT2D eigenvalue weighted by molar-refractivity contribution is 5.76. The average Bonchev–Trinajstić information content (AvgIpc) is 2.75. The molecule has 0 saturated carbocycles. The van der Waals surface area contributed by atoms with Gasteiger partial charge in [0, 0.05) is 12.1 Å². The van der Waals surface area contributed by atoms with E-state index < -0.39 is 0 Å². The van der Waals surface area contributed by atoms with Crippen molar-refractivity contribution in [2.45, 2.75) is 6.61 Å². The predicted octanol–water partition coefficient (Wildman–Crippen LogP) is 3.25. The Hall–Kier alpha value is -3.42. The van der Waals surface area contributed by atoms with Crippen LogP contribution in [-0.2, 0) is 6.61 Å². The maximum atomic E-state index is 5.91. The van der Waals surface area contributed by atoms with E-state index in [9.17, 15) is 0 Å². The summed E-state index contributed by atoms with van der Waals surface area (Å²) in [7, 11) is 7.73. The molecule has 0 aliphatic heterocycles. The van der Waals surface area contributed by atoms with Crippen molar-refractivity contribution < 1.29 is 28.4 Å². The second kappa shape index (κ2) is 8.51. The molecule has 0 unspecified atom stereocenters. The van der Waals surface area contributed by atoms with Gasteiger partial charge in [0.05, 0.1) is 46.6 Å². The zero-order valence-electron chi connectivity index (χ0n) is 16.4. The van der Waals surface area contributed by atoms with Crippen molar-refractivity contribution in [3.05, 3.63) is 35.9 Å². The molecule has 0 saturated heterocycles. The number of methoxy groups -OCH3 is 5. The summed E-state index contributed by atoms with van der Waals surface area (Å²) in [5, 5.41) is 0. The lowest BCUT2D eigenvalue weighted by atomic mass is 10.2. The van der Waals surface area contributed by atoms with Gasteiger partial charge in [0.2, 0.25) is 5.75 Å². The van der Waals surface area contributed by atoms with Crippen LogP contribution in [0.1, 0.15) is 5.56 Å². The molecule has 2 aromatic carbocycles. The van der Waals surface area contributed by atoms with Crippen LogP contribution < -0.4 is 28.4 Å². The third kappa shape index (κ3) is 3.80. The van der Waals surface area contributed by atoms with E-state index in [1.807, 2.05) is 18.2 Å². The van der Waals surface area contributed by atoms with Gasteiger partial charge in [-0.3, -0.25) is 0 Å². The molecule has 28 heavy (non-hydrogen) atoms. The first-order valence-electron chi connectivity index (χ1n) is 8.45. The number of benzene rings is 2. The summed E-state index contributed by atoms with van der Waals surface area (Å²) in [6.45, 7) is 0.324. The third-order valence-corrected chi connectivity index (χ3v) is 4.10. The van der Waals surface area contributed by atoms with Gasteiger partial charge >= 0.3 is 0 Å². The fourth-order valence-electron chi connectivity index (χ4n) is 2.73. The highest BCUT2D eigenvalue weighted by Crippen LogP contribution is 2.41. The summed E-state index contributed by atoms with van der Waals surface area (Å²) < 4.78 is 32.3. The van der Waals surface area contributed by atoms with Crippen molar-refractivity contribution in [3.63, 3.8) is 0 Å². The second-order valence-corrected chi connectivity index (χ2v) is 5.71. The molecule has 3 aromatic rings. The molecule has 0 aliphatic carbocycles. The van der Waals surface area contributed by atoms with Crippen LogP contribution >= 0.6 is 0 Å². The molecule has 0 N–H and O–H groups in total. The fourth-order valence-corrected chi connectivity index (χ4v) is 2.73. The Morgan fingerprint density at radius 3 is 1.82 bits per heavy atom. The van der Waals surface area contributed by atoms with Crippen LogP contribution in [0.15, 0.2) is 30.3 Å². The van der Waals surface area contributed by atoms with Gasteiger partial charge in [-0.15, -0.1) is 0 Å². The Bertz CT molecular complexity index is 951. The van der Waals surface area contributed by atoms with Crippen molar-refractivity contribution in [1.82, 2.24) is 9.97 Å².